The van der Waals surface area contributed by atoms with Crippen molar-refractivity contribution >= 4 is 34.7 Å². The van der Waals surface area contributed by atoms with Gasteiger partial charge in [0.2, 0.25) is 0 Å². The number of aliphatic hydroxyl groups is 1. The summed E-state index contributed by atoms with van der Waals surface area (Å²) < 4.78 is 38.0. The van der Waals surface area contributed by atoms with Gasteiger partial charge >= 0.3 is 6.18 Å². The Morgan fingerprint density at radius 2 is 1.97 bits per heavy atom. The molecule has 1 aromatic heterocycles. The van der Waals surface area contributed by atoms with Crippen LogP contribution in [0, 0.1) is 5.41 Å². The lowest BCUT2D eigenvalue weighted by Gasteiger charge is -2.13. The van der Waals surface area contributed by atoms with Crippen molar-refractivity contribution in [2.75, 3.05) is 5.32 Å². The molecule has 30 heavy (non-hydrogen) atoms. The number of carbonyl (C=O) groups excluding carboxylic acids is 1. The molecule has 2 rings (SSSR count). The minimum absolute atomic E-state index is 0.0718. The molecule has 0 spiro atoms. The number of alkyl halides is 3. The molecule has 11 heteroatoms. The first-order valence-corrected chi connectivity index (χ1v) is 8.74. The third-order valence-corrected chi connectivity index (χ3v) is 4.19. The highest BCUT2D eigenvalue weighted by Crippen LogP contribution is 2.29. The van der Waals surface area contributed by atoms with Crippen molar-refractivity contribution in [2.45, 2.75) is 19.6 Å². The number of anilines is 1. The van der Waals surface area contributed by atoms with Crippen LogP contribution < -0.4 is 11.1 Å². The summed E-state index contributed by atoms with van der Waals surface area (Å²) in [5, 5.41) is 19.6. The number of hydrogen-bond acceptors (Lipinski definition) is 5. The van der Waals surface area contributed by atoms with Gasteiger partial charge in [-0.1, -0.05) is 23.7 Å². The lowest BCUT2D eigenvalue weighted by molar-refractivity contribution is -0.137. The molecule has 2 aromatic rings. The fourth-order valence-corrected chi connectivity index (χ4v) is 2.63. The second kappa shape index (κ2) is 9.40. The van der Waals surface area contributed by atoms with Crippen LogP contribution >= 0.6 is 11.6 Å². The third-order valence-electron chi connectivity index (χ3n) is 3.91. The molecule has 0 fully saturated rings. The number of hydrogen-bond donors (Lipinski definition) is 4. The summed E-state index contributed by atoms with van der Waals surface area (Å²) in [4.78, 5) is 19.7. The van der Waals surface area contributed by atoms with Crippen molar-refractivity contribution < 1.29 is 23.1 Å². The van der Waals surface area contributed by atoms with Crippen LogP contribution in [0.25, 0.3) is 0 Å². The fourth-order valence-electron chi connectivity index (χ4n) is 2.38. The van der Waals surface area contributed by atoms with Crippen LogP contribution in [0.1, 0.15) is 23.6 Å². The number of rotatable bonds is 6. The number of amidine groups is 1. The average molecular weight is 440 g/mol. The van der Waals surface area contributed by atoms with E-state index in [2.05, 4.69) is 15.3 Å². The van der Waals surface area contributed by atoms with E-state index in [1.165, 1.54) is 31.5 Å². The molecule has 0 saturated heterocycles. The lowest BCUT2D eigenvalue weighted by atomic mass is 10.1. The van der Waals surface area contributed by atoms with E-state index in [4.69, 9.17) is 27.9 Å². The van der Waals surface area contributed by atoms with Crippen molar-refractivity contribution in [3.63, 3.8) is 0 Å². The van der Waals surface area contributed by atoms with E-state index in [0.29, 0.717) is 11.8 Å². The summed E-state index contributed by atoms with van der Waals surface area (Å²) >= 11 is 6.13. The fraction of sp³-hybridized carbons (Fsp3) is 0.158. The summed E-state index contributed by atoms with van der Waals surface area (Å²) in [6, 6.07) is 4.56. The summed E-state index contributed by atoms with van der Waals surface area (Å²) in [5.74, 6) is -1.23. The Balaban J connectivity index is 2.27. The maximum Gasteiger partial charge on any atom is 0.416 e. The predicted molar refractivity (Wildman–Crippen MR) is 108 cm³/mol. The highest BCUT2D eigenvalue weighted by molar-refractivity contribution is 6.35. The molecule has 0 bridgehead atoms. The minimum Gasteiger partial charge on any atom is -0.515 e. The van der Waals surface area contributed by atoms with Crippen LogP contribution in [0.15, 0.2) is 53.5 Å². The molecule has 0 aliphatic carbocycles. The monoisotopic (exact) mass is 439 g/mol. The molecule has 0 aliphatic rings. The molecule has 0 saturated carbocycles. The van der Waals surface area contributed by atoms with Crippen LogP contribution in [0.2, 0.25) is 5.02 Å². The van der Waals surface area contributed by atoms with Crippen LogP contribution in [0.5, 0.6) is 0 Å². The zero-order valence-corrected chi connectivity index (χ0v) is 16.3. The first-order chi connectivity index (χ1) is 14.0. The predicted octanol–water partition coefficient (Wildman–Crippen LogP) is 4.08. The van der Waals surface area contributed by atoms with Crippen molar-refractivity contribution in [1.82, 2.24) is 4.98 Å². The smallest absolute Gasteiger partial charge is 0.416 e. The third kappa shape index (κ3) is 5.57. The largest absolute Gasteiger partial charge is 0.515 e. The molecule has 1 aromatic carbocycles. The standard InChI is InChI=1S/C19H17ClF3N5O2/c1-10(24)13(9-29)18(30)28-17(25)16-14(20)7-26-8-15(16)27-6-11-2-4-12(5-3-11)19(21,22)23/h2-5,7-9,24,27,29H,6H2,1H3,(H2,25,28,30)/b13-9+,24-10?. The molecule has 5 N–H and O–H groups in total. The molecular formula is C19H17ClF3N5O2. The average Bonchev–Trinajstić information content (AvgIpc) is 2.66. The number of pyridine rings is 1. The van der Waals surface area contributed by atoms with Gasteiger partial charge in [-0.15, -0.1) is 0 Å². The van der Waals surface area contributed by atoms with Gasteiger partial charge in [0.15, 0.2) is 0 Å². The van der Waals surface area contributed by atoms with E-state index >= 15 is 0 Å². The summed E-state index contributed by atoms with van der Waals surface area (Å²) in [5.41, 5.74) is 5.56. The number of aromatic nitrogens is 1. The lowest BCUT2D eigenvalue weighted by Crippen LogP contribution is -2.20. The maximum absolute atomic E-state index is 12.7. The highest BCUT2D eigenvalue weighted by atomic mass is 35.5. The summed E-state index contributed by atoms with van der Waals surface area (Å²) in [6.07, 6.45) is -1.33. The van der Waals surface area contributed by atoms with Crippen molar-refractivity contribution in [3.05, 3.63) is 70.2 Å². The molecule has 1 amide bonds. The molecule has 1 heterocycles. The van der Waals surface area contributed by atoms with E-state index < -0.39 is 17.6 Å². The zero-order valence-electron chi connectivity index (χ0n) is 15.6. The van der Waals surface area contributed by atoms with E-state index in [1.54, 1.807) is 0 Å². The highest BCUT2D eigenvalue weighted by Gasteiger charge is 2.29. The number of amides is 1. The number of aliphatic imine (C=N–C) groups is 1. The Hall–Kier alpha value is -3.40. The Morgan fingerprint density at radius 1 is 1.33 bits per heavy atom. The molecule has 0 radical (unpaired) electrons. The molecule has 0 aliphatic heterocycles. The molecular weight excluding hydrogens is 423 g/mol. The number of nitrogens with one attached hydrogen (secondary N) is 2. The van der Waals surface area contributed by atoms with Crippen LogP contribution in [-0.2, 0) is 17.5 Å². The first kappa shape index (κ1) is 22.9. The minimum atomic E-state index is -4.43. The topological polar surface area (TPSA) is 124 Å². The van der Waals surface area contributed by atoms with E-state index in [1.807, 2.05) is 0 Å². The van der Waals surface area contributed by atoms with Gasteiger partial charge in [0, 0.05) is 18.5 Å². The van der Waals surface area contributed by atoms with Gasteiger partial charge in [0.05, 0.1) is 39.9 Å². The van der Waals surface area contributed by atoms with Crippen molar-refractivity contribution in [3.8, 4) is 0 Å². The second-order valence-corrected chi connectivity index (χ2v) is 6.47. The van der Waals surface area contributed by atoms with Gasteiger partial charge in [-0.05, 0) is 24.6 Å². The molecule has 0 unspecified atom stereocenters. The zero-order chi connectivity index (χ0) is 22.5. The number of aliphatic hydroxyl groups excluding tert-OH is 1. The molecule has 158 valence electrons. The Morgan fingerprint density at radius 3 is 2.50 bits per heavy atom. The maximum atomic E-state index is 12.7. The first-order valence-electron chi connectivity index (χ1n) is 8.37. The van der Waals surface area contributed by atoms with Gasteiger partial charge in [-0.3, -0.25) is 9.78 Å². The van der Waals surface area contributed by atoms with Gasteiger partial charge in [-0.25, -0.2) is 0 Å². The van der Waals surface area contributed by atoms with E-state index in [-0.39, 0.29) is 39.9 Å². The number of carbonyl (C=O) groups is 1. The second-order valence-electron chi connectivity index (χ2n) is 6.06. The van der Waals surface area contributed by atoms with Crippen LogP contribution in [-0.4, -0.2) is 27.5 Å². The molecule has 7 nitrogen and oxygen atoms in total. The summed E-state index contributed by atoms with van der Waals surface area (Å²) in [7, 11) is 0. The van der Waals surface area contributed by atoms with Crippen LogP contribution in [0.4, 0.5) is 18.9 Å². The van der Waals surface area contributed by atoms with Crippen molar-refractivity contribution in [1.29, 1.82) is 5.41 Å². The Bertz CT molecular complexity index is 1020. The molecule has 0 atom stereocenters. The quantitative estimate of drug-likeness (QED) is 0.233. The van der Waals surface area contributed by atoms with Gasteiger partial charge in [-0.2, -0.15) is 18.2 Å². The van der Waals surface area contributed by atoms with Crippen LogP contribution in [0.3, 0.4) is 0 Å². The Kier molecular flexibility index (Phi) is 7.17. The number of halogens is 4. The van der Waals surface area contributed by atoms with Crippen molar-refractivity contribution in [2.24, 2.45) is 10.7 Å². The van der Waals surface area contributed by atoms with E-state index in [0.717, 1.165) is 12.1 Å². The number of nitrogens with two attached hydrogens (primary N) is 1. The van der Waals surface area contributed by atoms with Gasteiger partial charge in [0.1, 0.15) is 5.84 Å². The normalized spacial score (nSPS) is 12.6. The summed E-state index contributed by atoms with van der Waals surface area (Å²) in [6.45, 7) is 1.41. The SMILES string of the molecule is CC(=N)/C(=C\O)C(=O)N=C(N)c1c(Cl)cncc1NCc1ccc(C(F)(F)F)cc1. The number of benzene rings is 1. The Labute approximate surface area is 174 Å². The van der Waals surface area contributed by atoms with E-state index in [9.17, 15) is 18.0 Å². The number of nitrogens with zero attached hydrogens (tertiary/aromatic N) is 2. The van der Waals surface area contributed by atoms with Gasteiger partial charge in [0.25, 0.3) is 5.91 Å². The van der Waals surface area contributed by atoms with Gasteiger partial charge < -0.3 is 21.6 Å².